The van der Waals surface area contributed by atoms with Crippen LogP contribution in [0.15, 0.2) is 88.8 Å². The Kier molecular flexibility index (Phi) is 6.15. The SMILES string of the molecule is Cc1[nH]n(-c2ccccc2)c(=O)c1[C@H]1Nc2ccccc2-c2nnc(SCc3ccccc3Cl)nc2O1. The van der Waals surface area contributed by atoms with E-state index >= 15 is 0 Å². The lowest BCUT2D eigenvalue weighted by Crippen LogP contribution is -2.26. The van der Waals surface area contributed by atoms with Crippen molar-refractivity contribution in [3.63, 3.8) is 0 Å². The van der Waals surface area contributed by atoms with Crippen LogP contribution in [0.5, 0.6) is 5.88 Å². The van der Waals surface area contributed by atoms with Gasteiger partial charge in [-0.25, -0.2) is 4.68 Å². The standard InChI is InChI=1S/C27H21ClN6O2S/c1-16-22(26(35)34(33-16)18-10-3-2-4-11-18)24-29-21-14-8-6-12-19(21)23-25(36-24)30-27(32-31-23)37-15-17-9-5-7-13-20(17)28/h2-14,24,29,33H,15H2,1H3/t24-/m0/s1. The first-order chi connectivity index (χ1) is 18.1. The summed E-state index contributed by atoms with van der Waals surface area (Å²) in [5.41, 5.74) is 4.70. The Morgan fingerprint density at radius 1 is 1.00 bits per heavy atom. The summed E-state index contributed by atoms with van der Waals surface area (Å²) in [6, 6.07) is 24.7. The molecule has 1 aliphatic heterocycles. The van der Waals surface area contributed by atoms with Crippen LogP contribution in [0, 0.1) is 6.92 Å². The van der Waals surface area contributed by atoms with Gasteiger partial charge in [-0.05, 0) is 36.8 Å². The Bertz CT molecular complexity index is 1650. The van der Waals surface area contributed by atoms with Crippen molar-refractivity contribution >= 4 is 29.1 Å². The Morgan fingerprint density at radius 3 is 2.59 bits per heavy atom. The van der Waals surface area contributed by atoms with E-state index in [1.807, 2.05) is 85.8 Å². The fourth-order valence-corrected chi connectivity index (χ4v) is 5.29. The van der Waals surface area contributed by atoms with Crippen molar-refractivity contribution in [2.75, 3.05) is 5.32 Å². The summed E-state index contributed by atoms with van der Waals surface area (Å²) in [5.74, 6) is 0.877. The van der Waals surface area contributed by atoms with E-state index in [0.29, 0.717) is 38.8 Å². The third kappa shape index (κ3) is 4.47. The molecule has 0 amide bonds. The summed E-state index contributed by atoms with van der Waals surface area (Å²) in [4.78, 5) is 18.2. The molecule has 0 bridgehead atoms. The highest BCUT2D eigenvalue weighted by Gasteiger charge is 2.30. The lowest BCUT2D eigenvalue weighted by atomic mass is 10.1. The van der Waals surface area contributed by atoms with Gasteiger partial charge in [0.05, 0.1) is 5.69 Å². The minimum atomic E-state index is -0.797. The number of aromatic nitrogens is 5. The van der Waals surface area contributed by atoms with Crippen molar-refractivity contribution in [3.05, 3.63) is 111 Å². The number of aromatic amines is 1. The number of H-pyrrole nitrogens is 1. The minimum absolute atomic E-state index is 0.211. The maximum Gasteiger partial charge on any atom is 0.280 e. The molecule has 1 aliphatic rings. The molecule has 2 N–H and O–H groups in total. The molecule has 0 spiro atoms. The molecule has 3 aromatic carbocycles. The monoisotopic (exact) mass is 528 g/mol. The van der Waals surface area contributed by atoms with Crippen molar-refractivity contribution in [1.82, 2.24) is 25.0 Å². The number of thioether (sulfide) groups is 1. The molecule has 0 fully saturated rings. The maximum atomic E-state index is 13.5. The minimum Gasteiger partial charge on any atom is -0.447 e. The van der Waals surface area contributed by atoms with Gasteiger partial charge < -0.3 is 10.1 Å². The molecule has 8 nitrogen and oxygen atoms in total. The predicted molar refractivity (Wildman–Crippen MR) is 144 cm³/mol. The zero-order chi connectivity index (χ0) is 25.4. The smallest absolute Gasteiger partial charge is 0.280 e. The Hall–Kier alpha value is -4.08. The van der Waals surface area contributed by atoms with Gasteiger partial charge in [0.1, 0.15) is 5.56 Å². The highest BCUT2D eigenvalue weighted by Crippen LogP contribution is 2.39. The summed E-state index contributed by atoms with van der Waals surface area (Å²) < 4.78 is 7.87. The lowest BCUT2D eigenvalue weighted by molar-refractivity contribution is 0.223. The molecule has 0 unspecified atom stereocenters. The molecule has 0 aliphatic carbocycles. The van der Waals surface area contributed by atoms with Crippen molar-refractivity contribution < 1.29 is 4.74 Å². The predicted octanol–water partition coefficient (Wildman–Crippen LogP) is 5.77. The first kappa shape index (κ1) is 23.3. The zero-order valence-corrected chi connectivity index (χ0v) is 21.3. The molecule has 2 aromatic heterocycles. The first-order valence-electron chi connectivity index (χ1n) is 11.6. The van der Waals surface area contributed by atoms with Crippen LogP contribution in [0.2, 0.25) is 5.02 Å². The molecule has 10 heteroatoms. The fraction of sp³-hybridized carbons (Fsp3) is 0.111. The number of anilines is 1. The van der Waals surface area contributed by atoms with Crippen LogP contribution in [0.4, 0.5) is 5.69 Å². The van der Waals surface area contributed by atoms with Crippen molar-refractivity contribution in [1.29, 1.82) is 0 Å². The Labute approximate surface area is 221 Å². The molecular formula is C27H21ClN6O2S. The Balaban J connectivity index is 1.39. The van der Waals surface area contributed by atoms with Crippen LogP contribution in [0.1, 0.15) is 23.0 Å². The number of aryl methyl sites for hydroxylation is 1. The van der Waals surface area contributed by atoms with Crippen LogP contribution in [-0.2, 0) is 5.75 Å². The molecule has 0 saturated carbocycles. The number of nitrogens with one attached hydrogen (secondary N) is 2. The molecule has 184 valence electrons. The first-order valence-corrected chi connectivity index (χ1v) is 13.0. The van der Waals surface area contributed by atoms with Crippen molar-refractivity contribution in [2.24, 2.45) is 0 Å². The van der Waals surface area contributed by atoms with E-state index in [1.54, 1.807) is 0 Å². The number of hydrogen-bond acceptors (Lipinski definition) is 7. The number of para-hydroxylation sites is 2. The number of rotatable bonds is 5. The van der Waals surface area contributed by atoms with Crippen molar-refractivity contribution in [3.8, 4) is 22.8 Å². The van der Waals surface area contributed by atoms with Crippen molar-refractivity contribution in [2.45, 2.75) is 24.1 Å². The van der Waals surface area contributed by atoms with Crippen LogP contribution < -0.4 is 15.6 Å². The Morgan fingerprint density at radius 2 is 1.76 bits per heavy atom. The second-order valence-corrected chi connectivity index (χ2v) is 9.79. The quantitative estimate of drug-likeness (QED) is 0.279. The topological polar surface area (TPSA) is 97.7 Å². The van der Waals surface area contributed by atoms with E-state index in [2.05, 4.69) is 25.6 Å². The number of benzene rings is 3. The maximum absolute atomic E-state index is 13.5. The summed E-state index contributed by atoms with van der Waals surface area (Å²) in [7, 11) is 0. The average molecular weight is 529 g/mol. The number of ether oxygens (including phenoxy) is 1. The summed E-state index contributed by atoms with van der Waals surface area (Å²) >= 11 is 7.72. The van der Waals surface area contributed by atoms with Gasteiger partial charge in [-0.3, -0.25) is 9.89 Å². The molecule has 0 radical (unpaired) electrons. The van der Waals surface area contributed by atoms with E-state index in [4.69, 9.17) is 16.3 Å². The summed E-state index contributed by atoms with van der Waals surface area (Å²) in [6.07, 6.45) is -0.797. The van der Waals surface area contributed by atoms with Crippen LogP contribution >= 0.6 is 23.4 Å². The van der Waals surface area contributed by atoms with Gasteiger partial charge in [-0.2, -0.15) is 4.98 Å². The fourth-order valence-electron chi connectivity index (χ4n) is 4.22. The van der Waals surface area contributed by atoms with Gasteiger partial charge >= 0.3 is 0 Å². The van der Waals surface area contributed by atoms with E-state index in [1.165, 1.54) is 16.4 Å². The van der Waals surface area contributed by atoms with Gasteiger partial charge in [0.2, 0.25) is 17.3 Å². The molecule has 0 saturated heterocycles. The normalized spacial score (nSPS) is 14.2. The number of hydrogen-bond donors (Lipinski definition) is 2. The molecule has 5 aromatic rings. The van der Waals surface area contributed by atoms with Gasteiger partial charge in [0.25, 0.3) is 5.56 Å². The largest absolute Gasteiger partial charge is 0.447 e. The van der Waals surface area contributed by atoms with Gasteiger partial charge in [-0.1, -0.05) is 78.0 Å². The molecule has 37 heavy (non-hydrogen) atoms. The lowest BCUT2D eigenvalue weighted by Gasteiger charge is -2.18. The zero-order valence-electron chi connectivity index (χ0n) is 19.7. The van der Waals surface area contributed by atoms with E-state index in [0.717, 1.165) is 22.5 Å². The molecular weight excluding hydrogens is 508 g/mol. The highest BCUT2D eigenvalue weighted by atomic mass is 35.5. The second kappa shape index (κ2) is 9.76. The third-order valence-electron chi connectivity index (χ3n) is 6.04. The summed E-state index contributed by atoms with van der Waals surface area (Å²) in [6.45, 7) is 1.85. The van der Waals surface area contributed by atoms with Gasteiger partial charge in [0.15, 0.2) is 5.69 Å². The number of nitrogens with zero attached hydrogens (tertiary/aromatic N) is 4. The van der Waals surface area contributed by atoms with Crippen LogP contribution in [0.3, 0.4) is 0 Å². The summed E-state index contributed by atoms with van der Waals surface area (Å²) in [5, 5.41) is 16.5. The molecule has 1 atom stereocenters. The van der Waals surface area contributed by atoms with E-state index < -0.39 is 6.23 Å². The van der Waals surface area contributed by atoms with E-state index in [9.17, 15) is 4.79 Å². The number of halogens is 1. The van der Waals surface area contributed by atoms with Gasteiger partial charge in [-0.15, -0.1) is 10.2 Å². The average Bonchev–Trinajstić information content (AvgIpc) is 3.12. The molecule has 6 rings (SSSR count). The van der Waals surface area contributed by atoms with E-state index in [-0.39, 0.29) is 5.56 Å². The third-order valence-corrected chi connectivity index (χ3v) is 7.30. The van der Waals surface area contributed by atoms with Gasteiger partial charge in [0, 0.05) is 27.7 Å². The second-order valence-electron chi connectivity index (χ2n) is 8.44. The number of fused-ring (bicyclic) bond motifs is 3. The van der Waals surface area contributed by atoms with Crippen LogP contribution in [-0.4, -0.2) is 25.0 Å². The molecule has 3 heterocycles. The highest BCUT2D eigenvalue weighted by molar-refractivity contribution is 7.98. The van der Waals surface area contributed by atoms with Crippen LogP contribution in [0.25, 0.3) is 16.9 Å².